The third-order valence-corrected chi connectivity index (χ3v) is 5.41. The minimum Gasteiger partial charge on any atom is -0.508 e. The van der Waals surface area contributed by atoms with Gasteiger partial charge >= 0.3 is 0 Å². The minimum atomic E-state index is -0.284. The highest BCUT2D eigenvalue weighted by Gasteiger charge is 2.16. The Labute approximate surface area is 162 Å². The highest BCUT2D eigenvalue weighted by atomic mass is 32.1. The molecule has 5 nitrogen and oxygen atoms in total. The van der Waals surface area contributed by atoms with Gasteiger partial charge in [-0.1, -0.05) is 23.8 Å². The monoisotopic (exact) mass is 379 g/mol. The number of amides is 1. The van der Waals surface area contributed by atoms with E-state index in [4.69, 9.17) is 0 Å². The second-order valence-electron chi connectivity index (χ2n) is 6.50. The molecule has 0 radical (unpaired) electrons. The number of nitrogens with zero attached hydrogens (tertiary/aromatic N) is 2. The van der Waals surface area contributed by atoms with Gasteiger partial charge < -0.3 is 5.11 Å². The molecule has 3 aromatic rings. The van der Waals surface area contributed by atoms with E-state index < -0.39 is 0 Å². The van der Waals surface area contributed by atoms with Gasteiger partial charge in [0.2, 0.25) is 0 Å². The third-order valence-electron chi connectivity index (χ3n) is 4.22. The number of phenolic OH excluding ortho intramolecular Hbond substituents is 1. The van der Waals surface area contributed by atoms with Crippen LogP contribution in [0, 0.1) is 27.7 Å². The Morgan fingerprint density at radius 1 is 1.11 bits per heavy atom. The smallest absolute Gasteiger partial charge is 0.283 e. The van der Waals surface area contributed by atoms with Crippen molar-refractivity contribution in [3.63, 3.8) is 0 Å². The van der Waals surface area contributed by atoms with Crippen LogP contribution in [0.4, 0.5) is 0 Å². The van der Waals surface area contributed by atoms with Gasteiger partial charge in [0, 0.05) is 5.56 Å². The highest BCUT2D eigenvalue weighted by Crippen LogP contribution is 2.30. The SMILES string of the molecule is Cc1ccc(-c2nc(C)c(C(=O)N/N=C/c3ccc(O)c(C)c3)s2)c(C)c1. The van der Waals surface area contributed by atoms with Crippen LogP contribution in [0.3, 0.4) is 0 Å². The molecule has 1 amide bonds. The van der Waals surface area contributed by atoms with Crippen molar-refractivity contribution in [3.05, 3.63) is 69.2 Å². The molecular formula is C21H21N3O2S. The maximum atomic E-state index is 12.5. The average molecular weight is 379 g/mol. The lowest BCUT2D eigenvalue weighted by Crippen LogP contribution is -2.17. The number of thiazole rings is 1. The summed E-state index contributed by atoms with van der Waals surface area (Å²) in [6.45, 7) is 7.73. The zero-order valence-corrected chi connectivity index (χ0v) is 16.5. The van der Waals surface area contributed by atoms with Crippen LogP contribution < -0.4 is 5.43 Å². The normalized spacial score (nSPS) is 11.1. The first kappa shape index (κ1) is 18.8. The Bertz CT molecular complexity index is 1040. The topological polar surface area (TPSA) is 74.6 Å². The first-order chi connectivity index (χ1) is 12.8. The van der Waals surface area contributed by atoms with Gasteiger partial charge in [-0.3, -0.25) is 4.79 Å². The molecule has 1 heterocycles. The van der Waals surface area contributed by atoms with Crippen LogP contribution in [0.25, 0.3) is 10.6 Å². The first-order valence-electron chi connectivity index (χ1n) is 8.53. The maximum Gasteiger partial charge on any atom is 0.283 e. The molecular weight excluding hydrogens is 358 g/mol. The van der Waals surface area contributed by atoms with E-state index in [9.17, 15) is 9.90 Å². The number of phenols is 1. The molecule has 1 aromatic heterocycles. The summed E-state index contributed by atoms with van der Waals surface area (Å²) in [6, 6.07) is 11.3. The van der Waals surface area contributed by atoms with Crippen molar-refractivity contribution in [2.45, 2.75) is 27.7 Å². The van der Waals surface area contributed by atoms with Gasteiger partial charge in [0.1, 0.15) is 15.6 Å². The Morgan fingerprint density at radius 2 is 1.89 bits per heavy atom. The number of nitrogens with one attached hydrogen (secondary N) is 1. The summed E-state index contributed by atoms with van der Waals surface area (Å²) in [6.07, 6.45) is 1.55. The lowest BCUT2D eigenvalue weighted by molar-refractivity contribution is 0.0958. The molecule has 0 spiro atoms. The Balaban J connectivity index is 1.76. The van der Waals surface area contributed by atoms with Gasteiger partial charge in [-0.25, -0.2) is 10.4 Å². The number of aromatic nitrogens is 1. The fraction of sp³-hybridized carbons (Fsp3) is 0.190. The molecule has 0 fully saturated rings. The molecule has 0 saturated carbocycles. The Morgan fingerprint density at radius 3 is 2.59 bits per heavy atom. The van der Waals surface area contributed by atoms with E-state index in [0.717, 1.165) is 27.3 Å². The van der Waals surface area contributed by atoms with E-state index in [-0.39, 0.29) is 11.7 Å². The fourth-order valence-corrected chi connectivity index (χ4v) is 3.80. The molecule has 3 rings (SSSR count). The lowest BCUT2D eigenvalue weighted by atomic mass is 10.1. The van der Waals surface area contributed by atoms with Crippen LogP contribution >= 0.6 is 11.3 Å². The molecule has 6 heteroatoms. The zero-order valence-electron chi connectivity index (χ0n) is 15.7. The number of aryl methyl sites for hydroxylation is 4. The summed E-state index contributed by atoms with van der Waals surface area (Å²) in [5.74, 6) is -0.0526. The molecule has 0 bridgehead atoms. The summed E-state index contributed by atoms with van der Waals surface area (Å²) in [7, 11) is 0. The number of carbonyl (C=O) groups is 1. The van der Waals surface area contributed by atoms with Gasteiger partial charge in [0.05, 0.1) is 11.9 Å². The molecule has 2 N–H and O–H groups in total. The summed E-state index contributed by atoms with van der Waals surface area (Å²) < 4.78 is 0. The molecule has 0 unspecified atom stereocenters. The van der Waals surface area contributed by atoms with Gasteiger partial charge in [-0.15, -0.1) is 11.3 Å². The summed E-state index contributed by atoms with van der Waals surface area (Å²) in [4.78, 5) is 17.6. The van der Waals surface area contributed by atoms with Gasteiger partial charge in [0.25, 0.3) is 5.91 Å². The lowest BCUT2D eigenvalue weighted by Gasteiger charge is -2.02. The summed E-state index contributed by atoms with van der Waals surface area (Å²) in [5.41, 5.74) is 8.15. The second kappa shape index (κ2) is 7.72. The number of hydrogen-bond donors (Lipinski definition) is 2. The summed E-state index contributed by atoms with van der Waals surface area (Å²) in [5, 5.41) is 14.4. The van der Waals surface area contributed by atoms with Crippen LogP contribution in [0.5, 0.6) is 5.75 Å². The molecule has 27 heavy (non-hydrogen) atoms. The predicted molar refractivity (Wildman–Crippen MR) is 110 cm³/mol. The number of rotatable bonds is 4. The third kappa shape index (κ3) is 4.23. The largest absolute Gasteiger partial charge is 0.508 e. The van der Waals surface area contributed by atoms with Crippen LogP contribution in [0.15, 0.2) is 41.5 Å². The van der Waals surface area contributed by atoms with Crippen LogP contribution in [0.1, 0.15) is 37.6 Å². The van der Waals surface area contributed by atoms with Crippen molar-refractivity contribution >= 4 is 23.5 Å². The molecule has 0 aliphatic rings. The molecule has 0 aliphatic heterocycles. The molecule has 2 aromatic carbocycles. The number of hydrogen-bond acceptors (Lipinski definition) is 5. The maximum absolute atomic E-state index is 12.5. The van der Waals surface area contributed by atoms with Crippen molar-refractivity contribution in [2.75, 3.05) is 0 Å². The first-order valence-corrected chi connectivity index (χ1v) is 9.35. The fourth-order valence-electron chi connectivity index (χ4n) is 2.75. The Kier molecular flexibility index (Phi) is 5.37. The van der Waals surface area contributed by atoms with E-state index >= 15 is 0 Å². The van der Waals surface area contributed by atoms with Crippen molar-refractivity contribution in [1.82, 2.24) is 10.4 Å². The summed E-state index contributed by atoms with van der Waals surface area (Å²) >= 11 is 1.36. The standard InChI is InChI=1S/C21H21N3O2S/c1-12-5-7-17(13(2)9-12)21-23-15(4)19(27-21)20(26)24-22-11-16-6-8-18(25)14(3)10-16/h5-11,25H,1-4H3,(H,24,26)/b22-11+. The number of carbonyl (C=O) groups excluding carboxylic acids is 1. The van der Waals surface area contributed by atoms with Gasteiger partial charge in [-0.05, 0) is 62.6 Å². The molecule has 0 atom stereocenters. The average Bonchev–Trinajstić information content (AvgIpc) is 2.99. The van der Waals surface area contributed by atoms with E-state index in [1.54, 1.807) is 31.3 Å². The van der Waals surface area contributed by atoms with E-state index in [1.165, 1.54) is 16.9 Å². The number of hydrazone groups is 1. The van der Waals surface area contributed by atoms with Crippen molar-refractivity contribution in [1.29, 1.82) is 0 Å². The Hall–Kier alpha value is -2.99. The van der Waals surface area contributed by atoms with Crippen LogP contribution in [-0.2, 0) is 0 Å². The van der Waals surface area contributed by atoms with Gasteiger partial charge in [0.15, 0.2) is 0 Å². The van der Waals surface area contributed by atoms with E-state index in [2.05, 4.69) is 28.5 Å². The van der Waals surface area contributed by atoms with E-state index in [1.807, 2.05) is 26.0 Å². The quantitative estimate of drug-likeness (QED) is 0.517. The van der Waals surface area contributed by atoms with E-state index in [0.29, 0.717) is 10.6 Å². The van der Waals surface area contributed by atoms with Crippen LogP contribution in [0.2, 0.25) is 0 Å². The number of benzene rings is 2. The zero-order chi connectivity index (χ0) is 19.6. The minimum absolute atomic E-state index is 0.232. The van der Waals surface area contributed by atoms with Crippen LogP contribution in [-0.4, -0.2) is 22.2 Å². The van der Waals surface area contributed by atoms with Gasteiger partial charge in [-0.2, -0.15) is 5.10 Å². The molecule has 138 valence electrons. The highest BCUT2D eigenvalue weighted by molar-refractivity contribution is 7.17. The van der Waals surface area contributed by atoms with Crippen molar-refractivity contribution in [2.24, 2.45) is 5.10 Å². The van der Waals surface area contributed by atoms with Crippen molar-refractivity contribution in [3.8, 4) is 16.3 Å². The number of aromatic hydroxyl groups is 1. The predicted octanol–water partition coefficient (Wildman–Crippen LogP) is 4.51. The van der Waals surface area contributed by atoms with Crippen molar-refractivity contribution < 1.29 is 9.90 Å². The molecule has 0 saturated heterocycles. The second-order valence-corrected chi connectivity index (χ2v) is 7.50. The molecule has 0 aliphatic carbocycles.